The van der Waals surface area contributed by atoms with E-state index in [9.17, 15) is 5.11 Å². The lowest BCUT2D eigenvalue weighted by molar-refractivity contribution is -0.214. The van der Waals surface area contributed by atoms with Crippen molar-refractivity contribution in [3.63, 3.8) is 0 Å². The normalized spacial score (nSPS) is 39.0. The summed E-state index contributed by atoms with van der Waals surface area (Å²) in [5.41, 5.74) is 0. The molecule has 4 atom stereocenters. The summed E-state index contributed by atoms with van der Waals surface area (Å²) in [5, 5.41) is 10.2. The number of ether oxygens (including phenoxy) is 4. The van der Waals surface area contributed by atoms with Crippen molar-refractivity contribution in [2.24, 2.45) is 5.92 Å². The molecule has 1 heterocycles. The average Bonchev–Trinajstić information content (AvgIpc) is 2.71. The lowest BCUT2D eigenvalue weighted by Crippen LogP contribution is -2.36. The zero-order valence-electron chi connectivity index (χ0n) is 11.8. The van der Waals surface area contributed by atoms with Crippen molar-refractivity contribution in [3.8, 4) is 0 Å². The first-order valence-electron chi connectivity index (χ1n) is 6.47. The molecule has 106 valence electrons. The topological polar surface area (TPSA) is 57.2 Å². The van der Waals surface area contributed by atoms with Gasteiger partial charge in [0.05, 0.1) is 18.8 Å². The zero-order valence-corrected chi connectivity index (χ0v) is 11.8. The van der Waals surface area contributed by atoms with Crippen LogP contribution in [0.3, 0.4) is 0 Å². The van der Waals surface area contributed by atoms with Gasteiger partial charge in [-0.15, -0.1) is 0 Å². The molecule has 1 N–H and O–H groups in total. The molecule has 0 radical (unpaired) electrons. The molecule has 0 spiro atoms. The largest absolute Gasteiger partial charge is 0.390 e. The van der Waals surface area contributed by atoms with Gasteiger partial charge in [-0.25, -0.2) is 0 Å². The summed E-state index contributed by atoms with van der Waals surface area (Å²) >= 11 is 0. The molecule has 2 rings (SSSR count). The monoisotopic (exact) mass is 260 g/mol. The third-order valence-electron chi connectivity index (χ3n) is 3.71. The van der Waals surface area contributed by atoms with Gasteiger partial charge in [0.15, 0.2) is 11.6 Å². The fraction of sp³-hybridized carbons (Fsp3) is 1.00. The van der Waals surface area contributed by atoms with Crippen LogP contribution in [0.2, 0.25) is 0 Å². The van der Waals surface area contributed by atoms with Crippen molar-refractivity contribution in [2.45, 2.75) is 64.0 Å². The van der Waals surface area contributed by atoms with Crippen LogP contribution in [-0.4, -0.2) is 48.7 Å². The standard InChI is InChI=1S/C13H24O5/c1-12(2,15-5)16-7-8-6-9-11(10(8)14)18-13(3,4)17-9/h8-11,14H,6-7H2,1-5H3. The Labute approximate surface area is 108 Å². The van der Waals surface area contributed by atoms with Gasteiger partial charge < -0.3 is 24.1 Å². The Morgan fingerprint density at radius 1 is 1.33 bits per heavy atom. The van der Waals surface area contributed by atoms with E-state index >= 15 is 0 Å². The maximum atomic E-state index is 10.2. The zero-order chi connectivity index (χ0) is 13.6. The second kappa shape index (κ2) is 4.72. The minimum Gasteiger partial charge on any atom is -0.390 e. The predicted octanol–water partition coefficient (Wildman–Crippen LogP) is 1.29. The highest BCUT2D eigenvalue weighted by molar-refractivity contribution is 4.97. The van der Waals surface area contributed by atoms with Crippen molar-refractivity contribution in [3.05, 3.63) is 0 Å². The Kier molecular flexibility index (Phi) is 3.73. The van der Waals surface area contributed by atoms with E-state index in [4.69, 9.17) is 18.9 Å². The Bertz CT molecular complexity index is 302. The van der Waals surface area contributed by atoms with Crippen molar-refractivity contribution < 1.29 is 24.1 Å². The lowest BCUT2D eigenvalue weighted by Gasteiger charge is -2.28. The summed E-state index contributed by atoms with van der Waals surface area (Å²) in [6.07, 6.45) is -0.0485. The second-order valence-electron chi connectivity index (χ2n) is 6.04. The van der Waals surface area contributed by atoms with E-state index in [1.807, 2.05) is 27.7 Å². The molecule has 0 bridgehead atoms. The van der Waals surface area contributed by atoms with Crippen LogP contribution in [0.25, 0.3) is 0 Å². The molecule has 5 heteroatoms. The number of hydrogen-bond acceptors (Lipinski definition) is 5. The number of hydrogen-bond donors (Lipinski definition) is 1. The van der Waals surface area contributed by atoms with Gasteiger partial charge in [0.2, 0.25) is 0 Å². The first-order valence-corrected chi connectivity index (χ1v) is 6.47. The quantitative estimate of drug-likeness (QED) is 0.772. The number of fused-ring (bicyclic) bond motifs is 1. The minimum atomic E-state index is -0.627. The molecular weight excluding hydrogens is 236 g/mol. The molecule has 1 saturated carbocycles. The molecule has 2 fully saturated rings. The van der Waals surface area contributed by atoms with Gasteiger partial charge in [-0.2, -0.15) is 0 Å². The summed E-state index contributed by atoms with van der Waals surface area (Å²) in [6.45, 7) is 7.90. The highest BCUT2D eigenvalue weighted by Gasteiger charge is 2.53. The molecule has 1 saturated heterocycles. The van der Waals surface area contributed by atoms with E-state index in [1.54, 1.807) is 7.11 Å². The molecule has 18 heavy (non-hydrogen) atoms. The van der Waals surface area contributed by atoms with Crippen LogP contribution >= 0.6 is 0 Å². The lowest BCUT2D eigenvalue weighted by atomic mass is 10.1. The first kappa shape index (κ1) is 14.2. The van der Waals surface area contributed by atoms with Gasteiger partial charge in [-0.05, 0) is 34.1 Å². The molecule has 0 aromatic carbocycles. The van der Waals surface area contributed by atoms with Gasteiger partial charge in [0, 0.05) is 13.0 Å². The summed E-state index contributed by atoms with van der Waals surface area (Å²) in [7, 11) is 1.61. The molecule has 5 nitrogen and oxygen atoms in total. The van der Waals surface area contributed by atoms with Crippen LogP contribution in [0.4, 0.5) is 0 Å². The van der Waals surface area contributed by atoms with E-state index in [0.717, 1.165) is 6.42 Å². The van der Waals surface area contributed by atoms with Gasteiger partial charge in [-0.1, -0.05) is 0 Å². The number of aliphatic hydroxyl groups excluding tert-OH is 1. The van der Waals surface area contributed by atoms with Crippen LogP contribution < -0.4 is 0 Å². The Morgan fingerprint density at radius 3 is 2.56 bits per heavy atom. The molecule has 0 aromatic heterocycles. The Morgan fingerprint density at radius 2 is 2.00 bits per heavy atom. The third-order valence-corrected chi connectivity index (χ3v) is 3.71. The van der Waals surface area contributed by atoms with E-state index in [1.165, 1.54) is 0 Å². The second-order valence-corrected chi connectivity index (χ2v) is 6.04. The predicted molar refractivity (Wildman–Crippen MR) is 65.0 cm³/mol. The van der Waals surface area contributed by atoms with Gasteiger partial charge >= 0.3 is 0 Å². The van der Waals surface area contributed by atoms with E-state index in [-0.39, 0.29) is 18.1 Å². The van der Waals surface area contributed by atoms with Crippen molar-refractivity contribution in [1.82, 2.24) is 0 Å². The Hall–Kier alpha value is -0.200. The molecule has 0 aromatic rings. The minimum absolute atomic E-state index is 0.0329. The molecule has 4 unspecified atom stereocenters. The fourth-order valence-corrected chi connectivity index (χ4v) is 2.57. The molecule has 1 aliphatic heterocycles. The van der Waals surface area contributed by atoms with Gasteiger partial charge in [0.25, 0.3) is 0 Å². The average molecular weight is 260 g/mol. The number of rotatable bonds is 4. The van der Waals surface area contributed by atoms with Crippen molar-refractivity contribution >= 4 is 0 Å². The maximum absolute atomic E-state index is 10.2. The van der Waals surface area contributed by atoms with Crippen LogP contribution in [0.15, 0.2) is 0 Å². The van der Waals surface area contributed by atoms with Crippen molar-refractivity contribution in [1.29, 1.82) is 0 Å². The van der Waals surface area contributed by atoms with Crippen LogP contribution in [0, 0.1) is 5.92 Å². The summed E-state index contributed by atoms with van der Waals surface area (Å²) in [5.74, 6) is -1.18. The highest BCUT2D eigenvalue weighted by atomic mass is 16.8. The van der Waals surface area contributed by atoms with Crippen LogP contribution in [0.1, 0.15) is 34.1 Å². The third kappa shape index (κ3) is 2.86. The molecule has 0 amide bonds. The summed E-state index contributed by atoms with van der Waals surface area (Å²) in [6, 6.07) is 0. The molecule has 1 aliphatic carbocycles. The number of aliphatic hydroxyl groups is 1. The highest BCUT2D eigenvalue weighted by Crippen LogP contribution is 2.41. The van der Waals surface area contributed by atoms with Crippen LogP contribution in [-0.2, 0) is 18.9 Å². The fourth-order valence-electron chi connectivity index (χ4n) is 2.57. The van der Waals surface area contributed by atoms with E-state index < -0.39 is 17.7 Å². The first-order chi connectivity index (χ1) is 8.24. The van der Waals surface area contributed by atoms with Crippen LogP contribution in [0.5, 0.6) is 0 Å². The smallest absolute Gasteiger partial charge is 0.163 e. The summed E-state index contributed by atoms with van der Waals surface area (Å²) in [4.78, 5) is 0. The van der Waals surface area contributed by atoms with Gasteiger partial charge in [0.1, 0.15) is 6.10 Å². The number of methoxy groups -OCH3 is 1. The maximum Gasteiger partial charge on any atom is 0.163 e. The Balaban J connectivity index is 1.88. The molecule has 2 aliphatic rings. The van der Waals surface area contributed by atoms with Crippen molar-refractivity contribution in [2.75, 3.05) is 13.7 Å². The van der Waals surface area contributed by atoms with Gasteiger partial charge in [-0.3, -0.25) is 0 Å². The summed E-state index contributed by atoms with van der Waals surface area (Å²) < 4.78 is 22.3. The van der Waals surface area contributed by atoms with E-state index in [0.29, 0.717) is 6.61 Å². The SMILES string of the molecule is COC(C)(C)OCC1CC2OC(C)(C)OC2C1O. The molecular formula is C13H24O5. The van der Waals surface area contributed by atoms with E-state index in [2.05, 4.69) is 0 Å².